The first-order valence-corrected chi connectivity index (χ1v) is 6.88. The molecule has 0 atom stereocenters. The van der Waals surface area contributed by atoms with Crippen molar-refractivity contribution in [2.45, 2.75) is 0 Å². The molecule has 3 rings (SSSR count). The molecule has 0 N–H and O–H groups in total. The van der Waals surface area contributed by atoms with Gasteiger partial charge in [-0.05, 0) is 11.6 Å². The second-order valence-electron chi connectivity index (χ2n) is 4.36. The van der Waals surface area contributed by atoms with Crippen LogP contribution in [0, 0.1) is 0 Å². The summed E-state index contributed by atoms with van der Waals surface area (Å²) in [4.78, 5) is 14.0. The van der Waals surface area contributed by atoms with Gasteiger partial charge in [0.05, 0.1) is 10.6 Å². The molecule has 1 heterocycles. The van der Waals surface area contributed by atoms with Crippen LogP contribution in [0.4, 0.5) is 5.69 Å². The van der Waals surface area contributed by atoms with Crippen molar-refractivity contribution in [1.29, 1.82) is 0 Å². The summed E-state index contributed by atoms with van der Waals surface area (Å²) < 4.78 is 1.20. The second kappa shape index (κ2) is 4.86. The van der Waals surface area contributed by atoms with Crippen LogP contribution in [-0.2, 0) is 4.79 Å². The topological polar surface area (TPSA) is 20.3 Å². The summed E-state index contributed by atoms with van der Waals surface area (Å²) in [5, 5.41) is 1.13. The summed E-state index contributed by atoms with van der Waals surface area (Å²) in [5.41, 5.74) is 2.13. The summed E-state index contributed by atoms with van der Waals surface area (Å²) in [7, 11) is 1.80. The molecule has 0 aliphatic heterocycles. The number of benzene rings is 2. The zero-order chi connectivity index (χ0) is 13.2. The highest BCUT2D eigenvalue weighted by Gasteiger charge is 2.16. The fraction of sp³-hybridized carbons (Fsp3) is 0.0625. The Morgan fingerprint density at radius 1 is 1.00 bits per heavy atom. The molecule has 3 aromatic rings. The molecule has 3 heteroatoms. The molecule has 0 saturated heterocycles. The molecule has 0 aliphatic rings. The molecular weight excluding hydrogens is 254 g/mol. The highest BCUT2D eigenvalue weighted by atomic mass is 32.1. The zero-order valence-corrected chi connectivity index (χ0v) is 11.4. The SMILES string of the molecule is CN(C=O)c1c(-c2ccccc2)sc2ccccc12. The largest absolute Gasteiger partial charge is 0.316 e. The van der Waals surface area contributed by atoms with E-state index in [4.69, 9.17) is 0 Å². The van der Waals surface area contributed by atoms with E-state index in [9.17, 15) is 4.79 Å². The van der Waals surface area contributed by atoms with E-state index in [2.05, 4.69) is 24.3 Å². The van der Waals surface area contributed by atoms with Crippen LogP contribution >= 0.6 is 11.3 Å². The van der Waals surface area contributed by atoms with E-state index in [1.807, 2.05) is 30.3 Å². The first kappa shape index (κ1) is 11.9. The number of amides is 1. The van der Waals surface area contributed by atoms with Gasteiger partial charge in [0.2, 0.25) is 6.41 Å². The number of thiophene rings is 1. The van der Waals surface area contributed by atoms with Crippen molar-refractivity contribution in [2.24, 2.45) is 0 Å². The summed E-state index contributed by atoms with van der Waals surface area (Å²) in [6.07, 6.45) is 0.862. The van der Waals surface area contributed by atoms with Gasteiger partial charge in [0, 0.05) is 17.1 Å². The third-order valence-electron chi connectivity index (χ3n) is 3.12. The number of carbonyl (C=O) groups is 1. The molecule has 0 radical (unpaired) electrons. The van der Waals surface area contributed by atoms with E-state index in [1.165, 1.54) is 4.70 Å². The third-order valence-corrected chi connectivity index (χ3v) is 4.33. The van der Waals surface area contributed by atoms with Gasteiger partial charge in [0.1, 0.15) is 0 Å². The smallest absolute Gasteiger partial charge is 0.213 e. The molecule has 0 bridgehead atoms. The first-order chi connectivity index (χ1) is 9.31. The predicted molar refractivity (Wildman–Crippen MR) is 81.7 cm³/mol. The van der Waals surface area contributed by atoms with Crippen molar-refractivity contribution in [3.8, 4) is 10.4 Å². The molecule has 1 amide bonds. The molecular formula is C16H13NOS. The van der Waals surface area contributed by atoms with Gasteiger partial charge in [0.15, 0.2) is 0 Å². The molecule has 1 aromatic heterocycles. The van der Waals surface area contributed by atoms with Crippen LogP contribution in [0.5, 0.6) is 0 Å². The summed E-state index contributed by atoms with van der Waals surface area (Å²) in [5.74, 6) is 0. The fourth-order valence-electron chi connectivity index (χ4n) is 2.22. The number of anilines is 1. The molecule has 0 aliphatic carbocycles. The van der Waals surface area contributed by atoms with E-state index in [1.54, 1.807) is 23.3 Å². The normalized spacial score (nSPS) is 10.6. The lowest BCUT2D eigenvalue weighted by Gasteiger charge is -2.12. The van der Waals surface area contributed by atoms with Gasteiger partial charge in [-0.2, -0.15) is 0 Å². The Kier molecular flexibility index (Phi) is 3.05. The fourth-order valence-corrected chi connectivity index (χ4v) is 3.47. The van der Waals surface area contributed by atoms with Crippen molar-refractivity contribution in [2.75, 3.05) is 11.9 Å². The van der Waals surface area contributed by atoms with Crippen molar-refractivity contribution in [1.82, 2.24) is 0 Å². The van der Waals surface area contributed by atoms with Crippen LogP contribution < -0.4 is 4.90 Å². The maximum absolute atomic E-state index is 11.2. The predicted octanol–water partition coefficient (Wildman–Crippen LogP) is 4.16. The van der Waals surface area contributed by atoms with E-state index in [0.29, 0.717) is 0 Å². The maximum Gasteiger partial charge on any atom is 0.213 e. The Labute approximate surface area is 115 Å². The number of hydrogen-bond donors (Lipinski definition) is 0. The van der Waals surface area contributed by atoms with Crippen molar-refractivity contribution < 1.29 is 4.79 Å². The molecule has 0 saturated carbocycles. The van der Waals surface area contributed by atoms with Crippen LogP contribution in [-0.4, -0.2) is 13.5 Å². The van der Waals surface area contributed by atoms with E-state index in [0.717, 1.165) is 27.9 Å². The minimum absolute atomic E-state index is 0.862. The van der Waals surface area contributed by atoms with Crippen LogP contribution in [0.25, 0.3) is 20.5 Å². The van der Waals surface area contributed by atoms with Crippen LogP contribution in [0.1, 0.15) is 0 Å². The van der Waals surface area contributed by atoms with Gasteiger partial charge in [-0.15, -0.1) is 11.3 Å². The van der Waals surface area contributed by atoms with Gasteiger partial charge in [-0.1, -0.05) is 48.5 Å². The van der Waals surface area contributed by atoms with E-state index < -0.39 is 0 Å². The number of rotatable bonds is 3. The molecule has 2 aromatic carbocycles. The third kappa shape index (κ3) is 2.02. The molecule has 94 valence electrons. The number of fused-ring (bicyclic) bond motifs is 1. The molecule has 2 nitrogen and oxygen atoms in total. The Balaban J connectivity index is 2.32. The summed E-state index contributed by atoms with van der Waals surface area (Å²) in [6, 6.07) is 18.4. The molecule has 0 spiro atoms. The van der Waals surface area contributed by atoms with E-state index in [-0.39, 0.29) is 0 Å². The van der Waals surface area contributed by atoms with E-state index >= 15 is 0 Å². The monoisotopic (exact) mass is 267 g/mol. The Morgan fingerprint density at radius 2 is 1.68 bits per heavy atom. The lowest BCUT2D eigenvalue weighted by atomic mass is 10.1. The molecule has 0 unspecified atom stereocenters. The highest BCUT2D eigenvalue weighted by Crippen LogP contribution is 2.43. The summed E-state index contributed by atoms with van der Waals surface area (Å²) in [6.45, 7) is 0. The molecule has 0 fully saturated rings. The number of carbonyl (C=O) groups excluding carboxylic acids is 1. The van der Waals surface area contributed by atoms with Crippen molar-refractivity contribution >= 4 is 33.5 Å². The van der Waals surface area contributed by atoms with Crippen LogP contribution in [0.2, 0.25) is 0 Å². The number of hydrogen-bond acceptors (Lipinski definition) is 2. The maximum atomic E-state index is 11.2. The lowest BCUT2D eigenvalue weighted by Crippen LogP contribution is -2.13. The van der Waals surface area contributed by atoms with Crippen LogP contribution in [0.15, 0.2) is 54.6 Å². The Morgan fingerprint density at radius 3 is 2.42 bits per heavy atom. The van der Waals surface area contributed by atoms with Gasteiger partial charge < -0.3 is 4.90 Å². The average molecular weight is 267 g/mol. The highest BCUT2D eigenvalue weighted by molar-refractivity contribution is 7.23. The van der Waals surface area contributed by atoms with Gasteiger partial charge in [-0.3, -0.25) is 4.79 Å². The quantitative estimate of drug-likeness (QED) is 0.652. The van der Waals surface area contributed by atoms with Crippen molar-refractivity contribution in [3.05, 3.63) is 54.6 Å². The van der Waals surface area contributed by atoms with Gasteiger partial charge in [0.25, 0.3) is 0 Å². The average Bonchev–Trinajstić information content (AvgIpc) is 2.87. The lowest BCUT2D eigenvalue weighted by molar-refractivity contribution is -0.107. The first-order valence-electron chi connectivity index (χ1n) is 6.06. The molecule has 19 heavy (non-hydrogen) atoms. The van der Waals surface area contributed by atoms with Gasteiger partial charge in [-0.25, -0.2) is 0 Å². The Bertz CT molecular complexity index is 718. The van der Waals surface area contributed by atoms with Crippen LogP contribution in [0.3, 0.4) is 0 Å². The minimum Gasteiger partial charge on any atom is -0.316 e. The Hall–Kier alpha value is -2.13. The standard InChI is InChI=1S/C16H13NOS/c1-17(11-18)15-13-9-5-6-10-14(13)19-16(15)12-7-3-2-4-8-12/h2-11H,1H3. The minimum atomic E-state index is 0.862. The zero-order valence-electron chi connectivity index (χ0n) is 10.5. The summed E-state index contributed by atoms with van der Waals surface area (Å²) >= 11 is 1.72. The van der Waals surface area contributed by atoms with Gasteiger partial charge >= 0.3 is 0 Å². The van der Waals surface area contributed by atoms with Crippen molar-refractivity contribution in [3.63, 3.8) is 0 Å². The second-order valence-corrected chi connectivity index (χ2v) is 5.41. The number of nitrogens with zero attached hydrogens (tertiary/aromatic N) is 1.